The number of benzene rings is 1. The second-order valence-corrected chi connectivity index (χ2v) is 4.79. The minimum atomic E-state index is -0.383. The Balaban J connectivity index is 2.57. The van der Waals surface area contributed by atoms with Gasteiger partial charge in [-0.2, -0.15) is 0 Å². The van der Waals surface area contributed by atoms with Gasteiger partial charge in [0.05, 0.1) is 13.0 Å². The smallest absolute Gasteiger partial charge is 0.223 e. The van der Waals surface area contributed by atoms with Gasteiger partial charge in [0.1, 0.15) is 11.6 Å². The predicted molar refractivity (Wildman–Crippen MR) is 72.4 cm³/mol. The number of hydrogen-bond donors (Lipinski definition) is 2. The highest BCUT2D eigenvalue weighted by Crippen LogP contribution is 2.24. The number of nitrogens with one attached hydrogen (secondary N) is 1. The number of ether oxygens (including phenoxy) is 1. The van der Waals surface area contributed by atoms with Gasteiger partial charge < -0.3 is 15.8 Å². The molecule has 19 heavy (non-hydrogen) atoms. The first-order valence-corrected chi connectivity index (χ1v) is 6.37. The quantitative estimate of drug-likeness (QED) is 0.830. The molecular weight excluding hydrogens is 247 g/mol. The molecule has 0 fully saturated rings. The van der Waals surface area contributed by atoms with E-state index in [4.69, 9.17) is 10.5 Å². The number of nitrogens with two attached hydrogens (primary N) is 1. The molecule has 5 heteroatoms. The van der Waals surface area contributed by atoms with Gasteiger partial charge in [-0.1, -0.05) is 6.07 Å². The maximum atomic E-state index is 13.2. The third kappa shape index (κ3) is 5.26. The summed E-state index contributed by atoms with van der Waals surface area (Å²) in [7, 11) is 0. The van der Waals surface area contributed by atoms with E-state index in [-0.39, 0.29) is 36.8 Å². The topological polar surface area (TPSA) is 64.3 Å². The second-order valence-electron chi connectivity index (χ2n) is 4.79. The number of halogens is 1. The fourth-order valence-corrected chi connectivity index (χ4v) is 1.66. The molecule has 0 aromatic heterocycles. The predicted octanol–water partition coefficient (Wildman–Crippen LogP) is 2.14. The van der Waals surface area contributed by atoms with E-state index in [0.29, 0.717) is 5.75 Å². The Kier molecular flexibility index (Phi) is 5.76. The third-order valence-electron chi connectivity index (χ3n) is 2.50. The lowest BCUT2D eigenvalue weighted by Crippen LogP contribution is -2.31. The molecule has 0 aliphatic heterocycles. The molecule has 3 N–H and O–H groups in total. The number of carbonyl (C=O) groups excluding carboxylic acids is 1. The Hall–Kier alpha value is -1.62. The molecule has 1 aromatic carbocycles. The first-order chi connectivity index (χ1) is 8.90. The zero-order chi connectivity index (χ0) is 14.4. The molecule has 0 saturated heterocycles. The molecule has 0 radical (unpaired) electrons. The summed E-state index contributed by atoms with van der Waals surface area (Å²) < 4.78 is 18.6. The highest BCUT2D eigenvalue weighted by Gasteiger charge is 2.10. The van der Waals surface area contributed by atoms with E-state index in [0.717, 1.165) is 5.56 Å². The monoisotopic (exact) mass is 268 g/mol. The molecule has 0 aliphatic rings. The Labute approximate surface area is 113 Å². The summed E-state index contributed by atoms with van der Waals surface area (Å²) in [5, 5.41) is 2.76. The Morgan fingerprint density at radius 1 is 1.42 bits per heavy atom. The van der Waals surface area contributed by atoms with E-state index in [2.05, 4.69) is 5.32 Å². The van der Waals surface area contributed by atoms with Gasteiger partial charge in [0.25, 0.3) is 0 Å². The molecule has 0 unspecified atom stereocenters. The van der Waals surface area contributed by atoms with Crippen LogP contribution < -0.4 is 15.8 Å². The molecule has 1 rings (SSSR count). The molecule has 1 atom stereocenters. The van der Waals surface area contributed by atoms with E-state index < -0.39 is 0 Å². The van der Waals surface area contributed by atoms with Crippen LogP contribution in [-0.2, 0) is 4.79 Å². The van der Waals surface area contributed by atoms with Gasteiger partial charge in [-0.15, -0.1) is 0 Å². The van der Waals surface area contributed by atoms with Gasteiger partial charge in [0.2, 0.25) is 5.91 Å². The van der Waals surface area contributed by atoms with Crippen molar-refractivity contribution >= 4 is 5.91 Å². The first kappa shape index (κ1) is 15.4. The lowest BCUT2D eigenvalue weighted by Gasteiger charge is -2.14. The second kappa shape index (κ2) is 7.09. The summed E-state index contributed by atoms with van der Waals surface area (Å²) in [5.41, 5.74) is 6.51. The fourth-order valence-electron chi connectivity index (χ4n) is 1.66. The SMILES string of the molecule is CC(C)NC(=O)CCOc1cc(F)ccc1[C@@H](C)N. The van der Waals surface area contributed by atoms with Crippen LogP contribution in [0.15, 0.2) is 18.2 Å². The van der Waals surface area contributed by atoms with Crippen molar-refractivity contribution in [3.8, 4) is 5.75 Å². The van der Waals surface area contributed by atoms with Crippen LogP contribution in [-0.4, -0.2) is 18.6 Å². The number of rotatable bonds is 6. The normalized spacial score (nSPS) is 12.3. The maximum Gasteiger partial charge on any atom is 0.223 e. The zero-order valence-corrected chi connectivity index (χ0v) is 11.6. The fraction of sp³-hybridized carbons (Fsp3) is 0.500. The average molecular weight is 268 g/mol. The van der Waals surface area contributed by atoms with Crippen molar-refractivity contribution < 1.29 is 13.9 Å². The molecule has 0 spiro atoms. The van der Waals surface area contributed by atoms with Gasteiger partial charge >= 0.3 is 0 Å². The molecule has 106 valence electrons. The molecule has 4 nitrogen and oxygen atoms in total. The van der Waals surface area contributed by atoms with Gasteiger partial charge in [0.15, 0.2) is 0 Å². The van der Waals surface area contributed by atoms with Gasteiger partial charge in [0, 0.05) is 23.7 Å². The van der Waals surface area contributed by atoms with Crippen LogP contribution in [0.4, 0.5) is 4.39 Å². The third-order valence-corrected chi connectivity index (χ3v) is 2.50. The number of amides is 1. The lowest BCUT2D eigenvalue weighted by atomic mass is 10.1. The van der Waals surface area contributed by atoms with Crippen molar-refractivity contribution in [3.63, 3.8) is 0 Å². The maximum absolute atomic E-state index is 13.2. The minimum absolute atomic E-state index is 0.0891. The Morgan fingerprint density at radius 2 is 2.11 bits per heavy atom. The molecule has 0 bridgehead atoms. The van der Waals surface area contributed by atoms with Crippen LogP contribution in [0, 0.1) is 5.82 Å². The van der Waals surface area contributed by atoms with Crippen molar-refractivity contribution in [2.45, 2.75) is 39.3 Å². The summed E-state index contributed by atoms with van der Waals surface area (Å²) in [6, 6.07) is 4.08. The minimum Gasteiger partial charge on any atom is -0.493 e. The molecule has 1 aromatic rings. The molecule has 0 saturated carbocycles. The van der Waals surface area contributed by atoms with Crippen molar-refractivity contribution in [2.75, 3.05) is 6.61 Å². The van der Waals surface area contributed by atoms with Crippen LogP contribution in [0.25, 0.3) is 0 Å². The van der Waals surface area contributed by atoms with Crippen LogP contribution in [0.3, 0.4) is 0 Å². The summed E-state index contributed by atoms with van der Waals surface area (Å²) in [6.07, 6.45) is 0.229. The largest absolute Gasteiger partial charge is 0.493 e. The van der Waals surface area contributed by atoms with Crippen LogP contribution in [0.2, 0.25) is 0 Å². The highest BCUT2D eigenvalue weighted by atomic mass is 19.1. The van der Waals surface area contributed by atoms with Crippen molar-refractivity contribution in [2.24, 2.45) is 5.73 Å². The van der Waals surface area contributed by atoms with Gasteiger partial charge in [-0.3, -0.25) is 4.79 Å². The van der Waals surface area contributed by atoms with E-state index in [1.54, 1.807) is 13.0 Å². The van der Waals surface area contributed by atoms with Gasteiger partial charge in [-0.05, 0) is 26.8 Å². The Bertz CT molecular complexity index is 433. The summed E-state index contributed by atoms with van der Waals surface area (Å²) in [6.45, 7) is 5.77. The van der Waals surface area contributed by atoms with Crippen molar-refractivity contribution in [3.05, 3.63) is 29.6 Å². The van der Waals surface area contributed by atoms with E-state index in [1.165, 1.54) is 12.1 Å². The van der Waals surface area contributed by atoms with Crippen LogP contribution in [0.1, 0.15) is 38.8 Å². The Morgan fingerprint density at radius 3 is 2.68 bits per heavy atom. The summed E-state index contributed by atoms with van der Waals surface area (Å²) in [5.74, 6) is -0.0767. The first-order valence-electron chi connectivity index (χ1n) is 6.37. The van der Waals surface area contributed by atoms with Gasteiger partial charge in [-0.25, -0.2) is 4.39 Å². The summed E-state index contributed by atoms with van der Waals surface area (Å²) in [4.78, 5) is 11.4. The van der Waals surface area contributed by atoms with E-state index in [1.807, 2.05) is 13.8 Å². The van der Waals surface area contributed by atoms with Crippen LogP contribution >= 0.6 is 0 Å². The number of carbonyl (C=O) groups is 1. The average Bonchev–Trinajstić information content (AvgIpc) is 2.27. The summed E-state index contributed by atoms with van der Waals surface area (Å²) >= 11 is 0. The van der Waals surface area contributed by atoms with Crippen molar-refractivity contribution in [1.29, 1.82) is 0 Å². The molecular formula is C14H21FN2O2. The molecule has 1 amide bonds. The number of hydrogen-bond acceptors (Lipinski definition) is 3. The molecule has 0 aliphatic carbocycles. The van der Waals surface area contributed by atoms with E-state index in [9.17, 15) is 9.18 Å². The van der Waals surface area contributed by atoms with Crippen molar-refractivity contribution in [1.82, 2.24) is 5.32 Å². The van der Waals surface area contributed by atoms with Crippen LogP contribution in [0.5, 0.6) is 5.75 Å². The highest BCUT2D eigenvalue weighted by molar-refractivity contribution is 5.76. The lowest BCUT2D eigenvalue weighted by molar-refractivity contribution is -0.122. The molecule has 0 heterocycles. The zero-order valence-electron chi connectivity index (χ0n) is 11.6. The standard InChI is InChI=1S/C14H21FN2O2/c1-9(2)17-14(18)6-7-19-13-8-11(15)4-5-12(13)10(3)16/h4-5,8-10H,6-7,16H2,1-3H3,(H,17,18)/t10-/m1/s1. The van der Waals surface area contributed by atoms with E-state index >= 15 is 0 Å².